The zero-order valence-electron chi connectivity index (χ0n) is 12.6. The first kappa shape index (κ1) is 14.7. The highest BCUT2D eigenvalue weighted by molar-refractivity contribution is 6.07. The van der Waals surface area contributed by atoms with Crippen LogP contribution in [0, 0.1) is 0 Å². The molecule has 1 amide bonds. The quantitative estimate of drug-likeness (QED) is 0.802. The van der Waals surface area contributed by atoms with Crippen LogP contribution in [0.2, 0.25) is 0 Å². The third-order valence-electron chi connectivity index (χ3n) is 3.31. The number of ether oxygens (including phenoxy) is 1. The molecule has 0 atom stereocenters. The number of hydrogen-bond acceptors (Lipinski definition) is 4. The van der Waals surface area contributed by atoms with Crippen LogP contribution in [0.4, 0.5) is 5.69 Å². The number of pyridine rings is 2. The molecular weight excluding hydrogens is 290 g/mol. The molecule has 2 heterocycles. The lowest BCUT2D eigenvalue weighted by Gasteiger charge is -2.09. The second-order valence-electron chi connectivity index (χ2n) is 4.80. The molecule has 0 aliphatic carbocycles. The molecule has 0 radical (unpaired) electrons. The van der Waals surface area contributed by atoms with Gasteiger partial charge < -0.3 is 10.1 Å². The number of nitrogens with one attached hydrogen (secondary N) is 1. The van der Waals surface area contributed by atoms with Gasteiger partial charge in [-0.3, -0.25) is 14.8 Å². The molecular formula is C18H15N3O2. The van der Waals surface area contributed by atoms with E-state index in [0.29, 0.717) is 22.6 Å². The molecule has 5 nitrogen and oxygen atoms in total. The van der Waals surface area contributed by atoms with Gasteiger partial charge in [0.25, 0.3) is 5.91 Å². The van der Waals surface area contributed by atoms with E-state index in [1.165, 1.54) is 0 Å². The highest BCUT2D eigenvalue weighted by Crippen LogP contribution is 2.21. The Hall–Kier alpha value is -3.21. The first-order valence-corrected chi connectivity index (χ1v) is 7.10. The fraction of sp³-hybridized carbons (Fsp3) is 0.0556. The number of carbonyl (C=O) groups excluding carboxylic acids is 1. The van der Waals surface area contributed by atoms with Crippen molar-refractivity contribution in [2.75, 3.05) is 12.4 Å². The maximum Gasteiger partial charge on any atom is 0.257 e. The normalized spacial score (nSPS) is 10.1. The van der Waals surface area contributed by atoms with E-state index in [-0.39, 0.29) is 5.91 Å². The van der Waals surface area contributed by atoms with Crippen molar-refractivity contribution in [1.82, 2.24) is 9.97 Å². The SMILES string of the molecule is COc1ccc(NC(=O)c2cccnc2-c2ccccn2)cc1. The van der Waals surface area contributed by atoms with E-state index in [1.807, 2.05) is 18.2 Å². The molecule has 2 aromatic heterocycles. The predicted molar refractivity (Wildman–Crippen MR) is 88.4 cm³/mol. The number of methoxy groups -OCH3 is 1. The van der Waals surface area contributed by atoms with Crippen LogP contribution in [-0.4, -0.2) is 23.0 Å². The standard InChI is InChI=1S/C18H15N3O2/c1-23-14-9-7-13(8-10-14)21-18(22)15-5-4-12-20-17(15)16-6-2-3-11-19-16/h2-12H,1H3,(H,21,22). The molecule has 0 bridgehead atoms. The number of aromatic nitrogens is 2. The molecule has 0 fully saturated rings. The van der Waals surface area contributed by atoms with Gasteiger partial charge in [-0.1, -0.05) is 6.07 Å². The minimum atomic E-state index is -0.232. The Morgan fingerprint density at radius 2 is 1.74 bits per heavy atom. The Kier molecular flexibility index (Phi) is 4.29. The van der Waals surface area contributed by atoms with Crippen LogP contribution in [0.3, 0.4) is 0 Å². The van der Waals surface area contributed by atoms with Crippen molar-refractivity contribution in [2.24, 2.45) is 0 Å². The van der Waals surface area contributed by atoms with Gasteiger partial charge >= 0.3 is 0 Å². The molecule has 1 N–H and O–H groups in total. The second kappa shape index (κ2) is 6.70. The van der Waals surface area contributed by atoms with Crippen molar-refractivity contribution in [3.05, 3.63) is 72.6 Å². The van der Waals surface area contributed by atoms with Crippen molar-refractivity contribution < 1.29 is 9.53 Å². The van der Waals surface area contributed by atoms with Gasteiger partial charge in [-0.25, -0.2) is 0 Å². The summed E-state index contributed by atoms with van der Waals surface area (Å²) >= 11 is 0. The monoisotopic (exact) mass is 305 g/mol. The summed E-state index contributed by atoms with van der Waals surface area (Å²) in [5, 5.41) is 2.86. The lowest BCUT2D eigenvalue weighted by atomic mass is 10.1. The van der Waals surface area contributed by atoms with Crippen LogP contribution in [0.25, 0.3) is 11.4 Å². The van der Waals surface area contributed by atoms with Gasteiger partial charge in [0.2, 0.25) is 0 Å². The predicted octanol–water partition coefficient (Wildman–Crippen LogP) is 3.40. The van der Waals surface area contributed by atoms with E-state index >= 15 is 0 Å². The minimum absolute atomic E-state index is 0.232. The number of benzene rings is 1. The van der Waals surface area contributed by atoms with Crippen LogP contribution in [0.15, 0.2) is 67.0 Å². The molecule has 0 spiro atoms. The molecule has 0 saturated heterocycles. The Morgan fingerprint density at radius 1 is 0.957 bits per heavy atom. The summed E-state index contributed by atoms with van der Waals surface area (Å²) in [7, 11) is 1.60. The highest BCUT2D eigenvalue weighted by atomic mass is 16.5. The number of carbonyl (C=O) groups is 1. The smallest absolute Gasteiger partial charge is 0.257 e. The van der Waals surface area contributed by atoms with Crippen LogP contribution < -0.4 is 10.1 Å². The maximum atomic E-state index is 12.6. The summed E-state index contributed by atoms with van der Waals surface area (Å²) in [5.74, 6) is 0.502. The van der Waals surface area contributed by atoms with E-state index in [4.69, 9.17) is 4.74 Å². The van der Waals surface area contributed by atoms with Gasteiger partial charge in [0.15, 0.2) is 0 Å². The zero-order valence-corrected chi connectivity index (χ0v) is 12.6. The van der Waals surface area contributed by atoms with Gasteiger partial charge in [0.1, 0.15) is 11.4 Å². The van der Waals surface area contributed by atoms with Crippen molar-refractivity contribution in [1.29, 1.82) is 0 Å². The highest BCUT2D eigenvalue weighted by Gasteiger charge is 2.14. The molecule has 114 valence electrons. The number of anilines is 1. The van der Waals surface area contributed by atoms with Gasteiger partial charge in [0.05, 0.1) is 18.4 Å². The topological polar surface area (TPSA) is 64.1 Å². The molecule has 0 aliphatic heterocycles. The summed E-state index contributed by atoms with van der Waals surface area (Å²) in [6, 6.07) is 16.1. The van der Waals surface area contributed by atoms with E-state index < -0.39 is 0 Å². The lowest BCUT2D eigenvalue weighted by Crippen LogP contribution is -2.14. The number of rotatable bonds is 4. The van der Waals surface area contributed by atoms with Gasteiger partial charge in [-0.05, 0) is 48.5 Å². The van der Waals surface area contributed by atoms with Crippen LogP contribution in [0.1, 0.15) is 10.4 Å². The molecule has 0 aliphatic rings. The Morgan fingerprint density at radius 3 is 2.43 bits per heavy atom. The third kappa shape index (κ3) is 3.35. The lowest BCUT2D eigenvalue weighted by molar-refractivity contribution is 0.102. The molecule has 23 heavy (non-hydrogen) atoms. The van der Waals surface area contributed by atoms with E-state index in [1.54, 1.807) is 55.9 Å². The summed E-state index contributed by atoms with van der Waals surface area (Å²) in [6.45, 7) is 0. The largest absolute Gasteiger partial charge is 0.497 e. The molecule has 1 aromatic carbocycles. The second-order valence-corrected chi connectivity index (χ2v) is 4.80. The number of hydrogen-bond donors (Lipinski definition) is 1. The summed E-state index contributed by atoms with van der Waals surface area (Å²) in [4.78, 5) is 21.1. The molecule has 0 saturated carbocycles. The van der Waals surface area contributed by atoms with Crippen molar-refractivity contribution in [2.45, 2.75) is 0 Å². The van der Waals surface area contributed by atoms with Crippen LogP contribution in [0.5, 0.6) is 5.75 Å². The van der Waals surface area contributed by atoms with E-state index in [0.717, 1.165) is 5.75 Å². The summed E-state index contributed by atoms with van der Waals surface area (Å²) < 4.78 is 5.10. The van der Waals surface area contributed by atoms with E-state index in [2.05, 4.69) is 15.3 Å². The van der Waals surface area contributed by atoms with Gasteiger partial charge in [0, 0.05) is 18.1 Å². The van der Waals surface area contributed by atoms with Gasteiger partial charge in [-0.2, -0.15) is 0 Å². The Bertz CT molecular complexity index is 802. The molecule has 3 aromatic rings. The summed E-state index contributed by atoms with van der Waals surface area (Å²) in [5.41, 5.74) is 2.38. The number of nitrogens with zero attached hydrogens (tertiary/aromatic N) is 2. The average Bonchev–Trinajstić information content (AvgIpc) is 2.63. The number of amides is 1. The Labute approximate surface area is 134 Å². The zero-order chi connectivity index (χ0) is 16.1. The molecule has 3 rings (SSSR count). The van der Waals surface area contributed by atoms with Crippen molar-refractivity contribution >= 4 is 11.6 Å². The molecule has 0 unspecified atom stereocenters. The van der Waals surface area contributed by atoms with Crippen molar-refractivity contribution in [3.63, 3.8) is 0 Å². The van der Waals surface area contributed by atoms with Crippen LogP contribution in [-0.2, 0) is 0 Å². The average molecular weight is 305 g/mol. The van der Waals surface area contributed by atoms with Crippen LogP contribution >= 0.6 is 0 Å². The first-order chi connectivity index (χ1) is 11.3. The van der Waals surface area contributed by atoms with Crippen molar-refractivity contribution in [3.8, 4) is 17.1 Å². The summed E-state index contributed by atoms with van der Waals surface area (Å²) in [6.07, 6.45) is 3.32. The minimum Gasteiger partial charge on any atom is -0.497 e. The third-order valence-corrected chi connectivity index (χ3v) is 3.31. The van der Waals surface area contributed by atoms with Gasteiger partial charge in [-0.15, -0.1) is 0 Å². The molecule has 5 heteroatoms. The fourth-order valence-corrected chi connectivity index (χ4v) is 2.17. The maximum absolute atomic E-state index is 12.6. The fourth-order valence-electron chi connectivity index (χ4n) is 2.17. The first-order valence-electron chi connectivity index (χ1n) is 7.10. The van der Waals surface area contributed by atoms with E-state index in [9.17, 15) is 4.79 Å². The Balaban J connectivity index is 1.88.